The average Bonchev–Trinajstić information content (AvgIpc) is 2.17. The van der Waals surface area contributed by atoms with E-state index in [0.29, 0.717) is 19.4 Å². The first-order valence-corrected chi connectivity index (χ1v) is 4.46. The largest absolute Gasteiger partial charge is 0.469 e. The summed E-state index contributed by atoms with van der Waals surface area (Å²) >= 11 is 0. The van der Waals surface area contributed by atoms with Gasteiger partial charge < -0.3 is 9.47 Å². The van der Waals surface area contributed by atoms with Gasteiger partial charge in [0.2, 0.25) is 0 Å². The summed E-state index contributed by atoms with van der Waals surface area (Å²) in [5.74, 6) is -0.525. The van der Waals surface area contributed by atoms with Crippen LogP contribution in [0.3, 0.4) is 0 Å². The Bertz CT molecular complexity index is 210. The van der Waals surface area contributed by atoms with Crippen LogP contribution < -0.4 is 0 Å². The van der Waals surface area contributed by atoms with Crippen LogP contribution in [0.25, 0.3) is 0 Å². The molecule has 0 bridgehead atoms. The van der Waals surface area contributed by atoms with E-state index >= 15 is 0 Å². The van der Waals surface area contributed by atoms with E-state index in [4.69, 9.17) is 4.74 Å². The van der Waals surface area contributed by atoms with Gasteiger partial charge in [-0.2, -0.15) is 0 Å². The molecule has 0 aromatic carbocycles. The van der Waals surface area contributed by atoms with E-state index in [1.54, 1.807) is 0 Å². The molecule has 0 spiro atoms. The third kappa shape index (κ3) is 6.22. The van der Waals surface area contributed by atoms with E-state index in [1.165, 1.54) is 7.11 Å². The number of methoxy groups -OCH3 is 1. The molecule has 0 amide bonds. The molecule has 0 aromatic rings. The van der Waals surface area contributed by atoms with Crippen molar-refractivity contribution in [3.8, 4) is 0 Å². The summed E-state index contributed by atoms with van der Waals surface area (Å²) in [6.07, 6.45) is 2.11. The molecular formula is C10H16O4. The van der Waals surface area contributed by atoms with Crippen LogP contribution in [0.2, 0.25) is 0 Å². The number of carbonyl (C=O) groups excluding carboxylic acids is 2. The van der Waals surface area contributed by atoms with Crippen LogP contribution in [0.4, 0.5) is 0 Å². The molecular weight excluding hydrogens is 184 g/mol. The first-order chi connectivity index (χ1) is 6.60. The van der Waals surface area contributed by atoms with E-state index in [1.807, 2.05) is 6.92 Å². The first kappa shape index (κ1) is 12.7. The van der Waals surface area contributed by atoms with Crippen molar-refractivity contribution in [2.24, 2.45) is 5.92 Å². The number of hydrogen-bond donors (Lipinski definition) is 0. The molecule has 80 valence electrons. The normalized spacial score (nSPS) is 11.6. The van der Waals surface area contributed by atoms with Crippen molar-refractivity contribution < 1.29 is 19.1 Å². The Morgan fingerprint density at radius 3 is 2.64 bits per heavy atom. The number of carbonyl (C=O) groups is 2. The fourth-order valence-electron chi connectivity index (χ4n) is 0.890. The van der Waals surface area contributed by atoms with E-state index in [0.717, 1.165) is 6.08 Å². The molecule has 0 aliphatic rings. The molecule has 0 aromatic heterocycles. The summed E-state index contributed by atoms with van der Waals surface area (Å²) in [6, 6.07) is 0. The Balaban J connectivity index is 3.53. The fourth-order valence-corrected chi connectivity index (χ4v) is 0.890. The van der Waals surface area contributed by atoms with Gasteiger partial charge in [0, 0.05) is 12.5 Å². The van der Waals surface area contributed by atoms with Gasteiger partial charge in [-0.1, -0.05) is 13.5 Å². The quantitative estimate of drug-likeness (QED) is 0.479. The molecule has 1 atom stereocenters. The number of rotatable bonds is 6. The summed E-state index contributed by atoms with van der Waals surface area (Å²) in [5, 5.41) is 0. The Morgan fingerprint density at radius 1 is 1.50 bits per heavy atom. The second-order valence-electron chi connectivity index (χ2n) is 3.05. The lowest BCUT2D eigenvalue weighted by molar-refractivity contribution is -0.141. The molecule has 14 heavy (non-hydrogen) atoms. The smallest absolute Gasteiger partial charge is 0.330 e. The van der Waals surface area contributed by atoms with E-state index in [9.17, 15) is 9.59 Å². The molecule has 0 heterocycles. The van der Waals surface area contributed by atoms with Gasteiger partial charge in [0.15, 0.2) is 0 Å². The zero-order valence-corrected chi connectivity index (χ0v) is 8.62. The summed E-state index contributed by atoms with van der Waals surface area (Å²) < 4.78 is 9.27. The molecule has 0 saturated heterocycles. The van der Waals surface area contributed by atoms with Crippen LogP contribution in [0, 0.1) is 5.92 Å². The van der Waals surface area contributed by atoms with Gasteiger partial charge in [0.1, 0.15) is 0 Å². The predicted molar refractivity (Wildman–Crippen MR) is 51.6 cm³/mol. The summed E-state index contributed by atoms with van der Waals surface area (Å²) in [7, 11) is 1.35. The molecule has 4 nitrogen and oxygen atoms in total. The Morgan fingerprint density at radius 2 is 2.14 bits per heavy atom. The number of esters is 2. The van der Waals surface area contributed by atoms with Crippen molar-refractivity contribution in [2.45, 2.75) is 19.8 Å². The average molecular weight is 200 g/mol. The standard InChI is InChI=1S/C10H16O4/c1-4-9(11)14-6-5-8(2)7-10(12)13-3/h4,8H,1,5-7H2,2-3H3. The minimum atomic E-state index is -0.435. The molecule has 4 heteroatoms. The van der Waals surface area contributed by atoms with Crippen molar-refractivity contribution in [1.82, 2.24) is 0 Å². The summed E-state index contributed by atoms with van der Waals surface area (Å²) in [6.45, 7) is 5.48. The highest BCUT2D eigenvalue weighted by Gasteiger charge is 2.09. The van der Waals surface area contributed by atoms with Gasteiger partial charge >= 0.3 is 11.9 Å². The Hall–Kier alpha value is -1.32. The maximum absolute atomic E-state index is 10.8. The zero-order valence-electron chi connectivity index (χ0n) is 8.62. The van der Waals surface area contributed by atoms with E-state index < -0.39 is 5.97 Å². The lowest BCUT2D eigenvalue weighted by Gasteiger charge is -2.09. The molecule has 0 radical (unpaired) electrons. The Labute approximate surface area is 83.9 Å². The maximum atomic E-state index is 10.8. The monoisotopic (exact) mass is 200 g/mol. The van der Waals surface area contributed by atoms with Crippen molar-refractivity contribution in [1.29, 1.82) is 0 Å². The van der Waals surface area contributed by atoms with Gasteiger partial charge in [-0.05, 0) is 12.3 Å². The second-order valence-corrected chi connectivity index (χ2v) is 3.05. The second kappa shape index (κ2) is 7.12. The number of hydrogen-bond acceptors (Lipinski definition) is 4. The van der Waals surface area contributed by atoms with Gasteiger partial charge in [0.05, 0.1) is 13.7 Å². The molecule has 0 rings (SSSR count). The number of ether oxygens (including phenoxy) is 2. The molecule has 0 aliphatic carbocycles. The molecule has 0 saturated carbocycles. The molecule has 1 unspecified atom stereocenters. The van der Waals surface area contributed by atoms with Crippen molar-refractivity contribution in [3.63, 3.8) is 0 Å². The highest BCUT2D eigenvalue weighted by Crippen LogP contribution is 2.08. The van der Waals surface area contributed by atoms with Crippen LogP contribution in [0.15, 0.2) is 12.7 Å². The minimum Gasteiger partial charge on any atom is -0.469 e. The van der Waals surface area contributed by atoms with Crippen molar-refractivity contribution in [3.05, 3.63) is 12.7 Å². The third-order valence-corrected chi connectivity index (χ3v) is 1.76. The summed E-state index contributed by atoms with van der Waals surface area (Å²) in [4.78, 5) is 21.5. The van der Waals surface area contributed by atoms with Gasteiger partial charge in [-0.15, -0.1) is 0 Å². The van der Waals surface area contributed by atoms with Gasteiger partial charge in [0.25, 0.3) is 0 Å². The maximum Gasteiger partial charge on any atom is 0.330 e. The lowest BCUT2D eigenvalue weighted by Crippen LogP contribution is -2.11. The van der Waals surface area contributed by atoms with Crippen LogP contribution >= 0.6 is 0 Å². The highest BCUT2D eigenvalue weighted by atomic mass is 16.5. The van der Waals surface area contributed by atoms with Crippen LogP contribution in [0.1, 0.15) is 19.8 Å². The first-order valence-electron chi connectivity index (χ1n) is 4.46. The Kier molecular flexibility index (Phi) is 6.45. The fraction of sp³-hybridized carbons (Fsp3) is 0.600. The van der Waals surface area contributed by atoms with E-state index in [2.05, 4.69) is 11.3 Å². The van der Waals surface area contributed by atoms with Crippen LogP contribution in [-0.2, 0) is 19.1 Å². The van der Waals surface area contributed by atoms with E-state index in [-0.39, 0.29) is 11.9 Å². The summed E-state index contributed by atoms with van der Waals surface area (Å²) in [5.41, 5.74) is 0. The topological polar surface area (TPSA) is 52.6 Å². The van der Waals surface area contributed by atoms with Crippen LogP contribution in [-0.4, -0.2) is 25.7 Å². The SMILES string of the molecule is C=CC(=O)OCCC(C)CC(=O)OC. The third-order valence-electron chi connectivity index (χ3n) is 1.76. The minimum absolute atomic E-state index is 0.153. The molecule has 0 fully saturated rings. The van der Waals surface area contributed by atoms with Crippen molar-refractivity contribution >= 4 is 11.9 Å². The molecule has 0 N–H and O–H groups in total. The van der Waals surface area contributed by atoms with Gasteiger partial charge in [-0.3, -0.25) is 4.79 Å². The highest BCUT2D eigenvalue weighted by molar-refractivity contribution is 5.81. The van der Waals surface area contributed by atoms with Crippen LogP contribution in [0.5, 0.6) is 0 Å². The van der Waals surface area contributed by atoms with Gasteiger partial charge in [-0.25, -0.2) is 4.79 Å². The molecule has 0 aliphatic heterocycles. The lowest BCUT2D eigenvalue weighted by atomic mass is 10.1. The van der Waals surface area contributed by atoms with Crippen molar-refractivity contribution in [2.75, 3.05) is 13.7 Å². The predicted octanol–water partition coefficient (Wildman–Crippen LogP) is 1.30. The zero-order chi connectivity index (χ0) is 11.0.